The van der Waals surface area contributed by atoms with Crippen LogP contribution in [0.25, 0.3) is 0 Å². The SMILES string of the molecule is CCOC(C)O[C@H]1CCCO[C@@H]1C/C=C\C#CC(O)C[C@@H](O)[C@@H]1O[C@H](COCc2ccccc2)CC[C@H]1O[Si](c1ccccc1)(c1ccccc1)C(C)(C)C. The molecular formula is C46H62O8Si. The molecule has 8 atom stereocenters. The van der Waals surface area contributed by atoms with Gasteiger partial charge in [0, 0.05) is 19.6 Å². The van der Waals surface area contributed by atoms with Crippen molar-refractivity contribution in [3.05, 3.63) is 109 Å². The first-order valence-corrected chi connectivity index (χ1v) is 22.0. The highest BCUT2D eigenvalue weighted by atomic mass is 28.4. The molecule has 2 fully saturated rings. The summed E-state index contributed by atoms with van der Waals surface area (Å²) in [5.41, 5.74) is 1.09. The second kappa shape index (κ2) is 21.4. The van der Waals surface area contributed by atoms with E-state index in [1.807, 2.05) is 62.4 Å². The van der Waals surface area contributed by atoms with Crippen LogP contribution in [0.3, 0.4) is 0 Å². The molecule has 2 aliphatic rings. The van der Waals surface area contributed by atoms with Gasteiger partial charge in [-0.1, -0.05) is 130 Å². The van der Waals surface area contributed by atoms with Gasteiger partial charge < -0.3 is 38.3 Å². The van der Waals surface area contributed by atoms with E-state index in [-0.39, 0.29) is 36.1 Å². The van der Waals surface area contributed by atoms with E-state index in [0.29, 0.717) is 39.3 Å². The van der Waals surface area contributed by atoms with Crippen LogP contribution in [0.5, 0.6) is 0 Å². The lowest BCUT2D eigenvalue weighted by atomic mass is 9.94. The second-order valence-electron chi connectivity index (χ2n) is 15.6. The molecule has 2 saturated heterocycles. The third-order valence-corrected chi connectivity index (χ3v) is 15.5. The Balaban J connectivity index is 1.31. The van der Waals surface area contributed by atoms with Crippen molar-refractivity contribution in [2.24, 2.45) is 0 Å². The fourth-order valence-corrected chi connectivity index (χ4v) is 12.5. The number of aliphatic hydroxyl groups is 2. The molecule has 9 heteroatoms. The van der Waals surface area contributed by atoms with Gasteiger partial charge >= 0.3 is 0 Å². The smallest absolute Gasteiger partial charge is 0.261 e. The summed E-state index contributed by atoms with van der Waals surface area (Å²) in [4.78, 5) is 0. The standard InChI is InChI=1S/C46H62O8Si/c1-6-50-35(2)52-43-28-19-31-51-42(43)27-18-8-13-22-37(47)32-41(48)45-44(30-29-38(53-45)34-49-33-36-20-11-7-12-21-36)54-55(46(3,4)5,39-23-14-9-15-24-39)40-25-16-10-17-26-40/h7-12,14-18,20-21,23-26,35,37-38,41-45,47-48H,6,19,27-34H2,1-5H3/b18-8-/t35?,37?,38-,41+,42+,43-,44+,45-/m0/s1. The van der Waals surface area contributed by atoms with Crippen molar-refractivity contribution in [1.29, 1.82) is 0 Å². The number of hydrogen-bond acceptors (Lipinski definition) is 8. The molecule has 0 amide bonds. The Kier molecular flexibility index (Phi) is 16.7. The van der Waals surface area contributed by atoms with Gasteiger partial charge in [-0.2, -0.15) is 0 Å². The van der Waals surface area contributed by atoms with Crippen molar-refractivity contribution in [3.63, 3.8) is 0 Å². The molecule has 2 aliphatic heterocycles. The van der Waals surface area contributed by atoms with Gasteiger partial charge in [-0.25, -0.2) is 0 Å². The predicted octanol–water partition coefficient (Wildman–Crippen LogP) is 6.70. The van der Waals surface area contributed by atoms with Gasteiger partial charge in [0.1, 0.15) is 12.2 Å². The first-order valence-electron chi connectivity index (χ1n) is 20.1. The largest absolute Gasteiger partial charge is 0.402 e. The Bertz CT molecular complexity index is 1580. The molecule has 2 heterocycles. The van der Waals surface area contributed by atoms with Crippen LogP contribution in [0.15, 0.2) is 103 Å². The van der Waals surface area contributed by atoms with E-state index in [4.69, 9.17) is 28.1 Å². The molecule has 3 aromatic carbocycles. The number of hydrogen-bond donors (Lipinski definition) is 2. The van der Waals surface area contributed by atoms with Crippen LogP contribution in [0, 0.1) is 11.8 Å². The van der Waals surface area contributed by atoms with E-state index in [0.717, 1.165) is 35.2 Å². The van der Waals surface area contributed by atoms with E-state index in [1.165, 1.54) is 0 Å². The Morgan fingerprint density at radius 1 is 0.891 bits per heavy atom. The third-order valence-electron chi connectivity index (χ3n) is 10.5. The molecule has 0 spiro atoms. The topological polar surface area (TPSA) is 95.8 Å². The molecule has 55 heavy (non-hydrogen) atoms. The van der Waals surface area contributed by atoms with Crippen LogP contribution in [-0.2, 0) is 34.7 Å². The summed E-state index contributed by atoms with van der Waals surface area (Å²) in [7, 11) is -2.97. The molecule has 5 rings (SSSR count). The van der Waals surface area contributed by atoms with E-state index in [1.54, 1.807) is 6.08 Å². The lowest BCUT2D eigenvalue weighted by Gasteiger charge is -2.48. The third kappa shape index (κ3) is 12.2. The minimum absolute atomic E-state index is 0.0146. The quantitative estimate of drug-likeness (QED) is 0.0890. The summed E-state index contributed by atoms with van der Waals surface area (Å²) in [5, 5.41) is 25.0. The highest BCUT2D eigenvalue weighted by Gasteiger charge is 2.53. The molecule has 0 aliphatic carbocycles. The summed E-state index contributed by atoms with van der Waals surface area (Å²) < 4.78 is 38.0. The highest BCUT2D eigenvalue weighted by Crippen LogP contribution is 2.40. The number of rotatable bonds is 17. The molecular weight excluding hydrogens is 709 g/mol. The van der Waals surface area contributed by atoms with E-state index >= 15 is 0 Å². The van der Waals surface area contributed by atoms with Crippen molar-refractivity contribution >= 4 is 18.7 Å². The monoisotopic (exact) mass is 770 g/mol. The highest BCUT2D eigenvalue weighted by molar-refractivity contribution is 6.99. The van der Waals surface area contributed by atoms with Crippen LogP contribution in [0.2, 0.25) is 5.04 Å². The average Bonchev–Trinajstić information content (AvgIpc) is 3.18. The van der Waals surface area contributed by atoms with Crippen molar-refractivity contribution in [2.75, 3.05) is 19.8 Å². The maximum atomic E-state index is 11.9. The lowest BCUT2D eigenvalue weighted by Crippen LogP contribution is -2.69. The molecule has 0 saturated carbocycles. The predicted molar refractivity (Wildman–Crippen MR) is 220 cm³/mol. The van der Waals surface area contributed by atoms with Crippen molar-refractivity contribution in [3.8, 4) is 11.8 Å². The lowest BCUT2D eigenvalue weighted by molar-refractivity contribution is -0.201. The zero-order valence-corrected chi connectivity index (χ0v) is 34.3. The van der Waals surface area contributed by atoms with Gasteiger partial charge in [0.2, 0.25) is 0 Å². The van der Waals surface area contributed by atoms with Crippen LogP contribution in [0.4, 0.5) is 0 Å². The number of ether oxygens (including phenoxy) is 5. The molecule has 3 aromatic rings. The van der Waals surface area contributed by atoms with Crippen LogP contribution >= 0.6 is 0 Å². The summed E-state index contributed by atoms with van der Waals surface area (Å²) in [5.74, 6) is 5.88. The summed E-state index contributed by atoms with van der Waals surface area (Å²) in [6, 6.07) is 31.1. The summed E-state index contributed by atoms with van der Waals surface area (Å²) in [6.45, 7) is 12.8. The maximum absolute atomic E-state index is 11.9. The Hall–Kier alpha value is -3.14. The number of benzene rings is 3. The first kappa shape index (κ1) is 43.0. The Labute approximate surface area is 330 Å². The van der Waals surface area contributed by atoms with Gasteiger partial charge in [-0.05, 0) is 73.0 Å². The first-order chi connectivity index (χ1) is 26.6. The van der Waals surface area contributed by atoms with E-state index in [9.17, 15) is 10.2 Å². The fraction of sp³-hybridized carbons (Fsp3) is 0.522. The number of aliphatic hydroxyl groups excluding tert-OH is 2. The fourth-order valence-electron chi connectivity index (χ4n) is 7.82. The minimum Gasteiger partial charge on any atom is -0.402 e. The van der Waals surface area contributed by atoms with Crippen molar-refractivity contribution in [1.82, 2.24) is 0 Å². The maximum Gasteiger partial charge on any atom is 0.261 e. The average molecular weight is 771 g/mol. The zero-order valence-electron chi connectivity index (χ0n) is 33.3. The molecule has 0 aromatic heterocycles. The van der Waals surface area contributed by atoms with Crippen LogP contribution < -0.4 is 10.4 Å². The van der Waals surface area contributed by atoms with Crippen molar-refractivity contribution < 1.29 is 38.3 Å². The van der Waals surface area contributed by atoms with Crippen LogP contribution in [-0.4, -0.2) is 87.4 Å². The Morgan fingerprint density at radius 3 is 2.18 bits per heavy atom. The summed E-state index contributed by atoms with van der Waals surface area (Å²) >= 11 is 0. The van der Waals surface area contributed by atoms with Gasteiger partial charge in [0.05, 0.1) is 43.7 Å². The number of allylic oxidation sites excluding steroid dienone is 1. The summed E-state index contributed by atoms with van der Waals surface area (Å²) in [6.07, 6.45) is 3.72. The molecule has 0 radical (unpaired) electrons. The normalized spacial score (nSPS) is 23.8. The molecule has 2 N–H and O–H groups in total. The van der Waals surface area contributed by atoms with Gasteiger partial charge in [-0.3, -0.25) is 0 Å². The Morgan fingerprint density at radius 2 is 1.55 bits per heavy atom. The zero-order chi connectivity index (χ0) is 39.1. The van der Waals surface area contributed by atoms with E-state index in [2.05, 4.69) is 81.1 Å². The minimum atomic E-state index is -2.97. The second-order valence-corrected chi connectivity index (χ2v) is 19.9. The molecule has 0 bridgehead atoms. The van der Waals surface area contributed by atoms with Gasteiger partial charge in [0.15, 0.2) is 6.29 Å². The molecule has 2 unspecified atom stereocenters. The van der Waals surface area contributed by atoms with Crippen molar-refractivity contribution in [2.45, 2.75) is 134 Å². The van der Waals surface area contributed by atoms with Gasteiger partial charge in [-0.15, -0.1) is 0 Å². The molecule has 298 valence electrons. The van der Waals surface area contributed by atoms with Crippen LogP contribution in [0.1, 0.15) is 78.7 Å². The van der Waals surface area contributed by atoms with Gasteiger partial charge in [0.25, 0.3) is 8.32 Å². The van der Waals surface area contributed by atoms with E-state index < -0.39 is 32.7 Å². The molecule has 8 nitrogen and oxygen atoms in total.